The third-order valence-electron chi connectivity index (χ3n) is 2.76. The van der Waals surface area contributed by atoms with Crippen molar-refractivity contribution in [1.82, 2.24) is 0 Å². The Bertz CT molecular complexity index is 381. The van der Waals surface area contributed by atoms with Gasteiger partial charge in [-0.15, -0.1) is 0 Å². The van der Waals surface area contributed by atoms with Crippen LogP contribution < -0.4 is 15.4 Å². The fourth-order valence-electron chi connectivity index (χ4n) is 1.71. The highest BCUT2D eigenvalue weighted by molar-refractivity contribution is 6.31. The standard InChI is InChI=1S/C11H15ClN2O/c1-7-3-10(14-6-8(14)5-13)11(15-2)4-9(7)12/h3-4,8H,5-6,13H2,1-2H3. The topological polar surface area (TPSA) is 38.3 Å². The maximum atomic E-state index is 6.04. The highest BCUT2D eigenvalue weighted by Crippen LogP contribution is 2.38. The van der Waals surface area contributed by atoms with Crippen molar-refractivity contribution >= 4 is 17.3 Å². The quantitative estimate of drug-likeness (QED) is 0.799. The fraction of sp³-hybridized carbons (Fsp3) is 0.455. The average Bonchev–Trinajstić information content (AvgIpc) is 3.00. The maximum absolute atomic E-state index is 6.04. The molecule has 1 saturated heterocycles. The van der Waals surface area contributed by atoms with Gasteiger partial charge in [-0.1, -0.05) is 11.6 Å². The molecule has 1 atom stereocenters. The van der Waals surface area contributed by atoms with Crippen molar-refractivity contribution < 1.29 is 4.74 Å². The van der Waals surface area contributed by atoms with Gasteiger partial charge in [0, 0.05) is 24.2 Å². The maximum Gasteiger partial charge on any atom is 0.143 e. The molecule has 0 spiro atoms. The number of rotatable bonds is 3. The van der Waals surface area contributed by atoms with E-state index in [1.54, 1.807) is 7.11 Å². The van der Waals surface area contributed by atoms with E-state index in [2.05, 4.69) is 11.0 Å². The molecule has 0 radical (unpaired) electrons. The predicted molar refractivity (Wildman–Crippen MR) is 62.9 cm³/mol. The van der Waals surface area contributed by atoms with Gasteiger partial charge in [0.1, 0.15) is 5.75 Å². The van der Waals surface area contributed by atoms with Crippen LogP contribution in [0.4, 0.5) is 5.69 Å². The number of benzene rings is 1. The van der Waals surface area contributed by atoms with E-state index in [0.717, 1.165) is 28.6 Å². The molecule has 1 aromatic carbocycles. The van der Waals surface area contributed by atoms with E-state index < -0.39 is 0 Å². The van der Waals surface area contributed by atoms with Crippen LogP contribution in [0.3, 0.4) is 0 Å². The molecule has 0 amide bonds. The molecule has 0 saturated carbocycles. The second-order valence-corrected chi connectivity index (χ2v) is 4.22. The number of nitrogens with zero attached hydrogens (tertiary/aromatic N) is 1. The van der Waals surface area contributed by atoms with E-state index >= 15 is 0 Å². The second kappa shape index (κ2) is 3.91. The summed E-state index contributed by atoms with van der Waals surface area (Å²) < 4.78 is 5.31. The van der Waals surface area contributed by atoms with Crippen LogP contribution in [-0.2, 0) is 0 Å². The molecule has 3 nitrogen and oxygen atoms in total. The minimum absolute atomic E-state index is 0.458. The summed E-state index contributed by atoms with van der Waals surface area (Å²) in [5.74, 6) is 0.821. The van der Waals surface area contributed by atoms with Gasteiger partial charge in [0.2, 0.25) is 0 Å². The monoisotopic (exact) mass is 226 g/mol. The molecule has 0 aromatic heterocycles. The van der Waals surface area contributed by atoms with Crippen LogP contribution in [-0.4, -0.2) is 26.2 Å². The summed E-state index contributed by atoms with van der Waals surface area (Å²) in [6, 6.07) is 4.37. The number of hydrogen-bond donors (Lipinski definition) is 1. The lowest BCUT2D eigenvalue weighted by Gasteiger charge is -2.12. The van der Waals surface area contributed by atoms with Gasteiger partial charge < -0.3 is 15.4 Å². The normalized spacial score (nSPS) is 19.2. The van der Waals surface area contributed by atoms with Crippen molar-refractivity contribution in [1.29, 1.82) is 0 Å². The number of aryl methyl sites for hydroxylation is 1. The van der Waals surface area contributed by atoms with E-state index in [-0.39, 0.29) is 0 Å². The Morgan fingerprint density at radius 2 is 2.33 bits per heavy atom. The number of ether oxygens (including phenoxy) is 1. The van der Waals surface area contributed by atoms with Gasteiger partial charge >= 0.3 is 0 Å². The van der Waals surface area contributed by atoms with Gasteiger partial charge in [-0.2, -0.15) is 0 Å². The smallest absolute Gasteiger partial charge is 0.143 e. The molecular formula is C11H15ClN2O. The second-order valence-electron chi connectivity index (χ2n) is 3.82. The van der Waals surface area contributed by atoms with E-state index in [1.165, 1.54) is 0 Å². The Labute approximate surface area is 94.8 Å². The SMILES string of the molecule is COc1cc(Cl)c(C)cc1N1CC1CN. The Hall–Kier alpha value is -0.930. The first kappa shape index (κ1) is 10.6. The Morgan fingerprint density at radius 3 is 2.87 bits per heavy atom. The van der Waals surface area contributed by atoms with Gasteiger partial charge in [0.15, 0.2) is 0 Å². The van der Waals surface area contributed by atoms with Gasteiger partial charge in [-0.25, -0.2) is 0 Å². The molecule has 1 heterocycles. The van der Waals surface area contributed by atoms with Gasteiger partial charge in [-0.05, 0) is 18.6 Å². The van der Waals surface area contributed by atoms with Crippen LogP contribution >= 0.6 is 11.6 Å². The van der Waals surface area contributed by atoms with Crippen LogP contribution in [0.25, 0.3) is 0 Å². The van der Waals surface area contributed by atoms with Crippen molar-refractivity contribution in [3.8, 4) is 5.75 Å². The minimum Gasteiger partial charge on any atom is -0.495 e. The molecule has 1 aliphatic heterocycles. The number of halogens is 1. The molecule has 2 rings (SSSR count). The zero-order chi connectivity index (χ0) is 11.0. The molecule has 1 fully saturated rings. The van der Waals surface area contributed by atoms with Crippen LogP contribution in [0.5, 0.6) is 5.75 Å². The molecular weight excluding hydrogens is 212 g/mol. The number of nitrogens with two attached hydrogens (primary N) is 1. The summed E-state index contributed by atoms with van der Waals surface area (Å²) in [4.78, 5) is 2.22. The van der Waals surface area contributed by atoms with Crippen molar-refractivity contribution in [3.63, 3.8) is 0 Å². The molecule has 82 valence electrons. The lowest BCUT2D eigenvalue weighted by atomic mass is 10.2. The summed E-state index contributed by atoms with van der Waals surface area (Å²) >= 11 is 6.04. The molecule has 0 aliphatic carbocycles. The third-order valence-corrected chi connectivity index (χ3v) is 3.16. The van der Waals surface area contributed by atoms with Gasteiger partial charge in [0.05, 0.1) is 18.8 Å². The van der Waals surface area contributed by atoms with Crippen molar-refractivity contribution in [3.05, 3.63) is 22.7 Å². The summed E-state index contributed by atoms with van der Waals surface area (Å²) in [5.41, 5.74) is 7.77. The average molecular weight is 227 g/mol. The molecule has 15 heavy (non-hydrogen) atoms. The molecule has 0 bridgehead atoms. The van der Waals surface area contributed by atoms with E-state index in [0.29, 0.717) is 12.6 Å². The van der Waals surface area contributed by atoms with Crippen molar-refractivity contribution in [2.75, 3.05) is 25.1 Å². The van der Waals surface area contributed by atoms with Crippen LogP contribution in [0.2, 0.25) is 5.02 Å². The molecule has 1 aromatic rings. The minimum atomic E-state index is 0.458. The largest absolute Gasteiger partial charge is 0.495 e. The summed E-state index contributed by atoms with van der Waals surface area (Å²) in [7, 11) is 1.66. The molecule has 1 unspecified atom stereocenters. The van der Waals surface area contributed by atoms with Gasteiger partial charge in [-0.3, -0.25) is 0 Å². The first-order valence-corrected chi connectivity index (χ1v) is 5.36. The van der Waals surface area contributed by atoms with E-state index in [1.807, 2.05) is 13.0 Å². The van der Waals surface area contributed by atoms with E-state index in [9.17, 15) is 0 Å². The Kier molecular flexibility index (Phi) is 2.76. The summed E-state index contributed by atoms with van der Waals surface area (Å²) in [6.45, 7) is 3.69. The zero-order valence-corrected chi connectivity index (χ0v) is 9.71. The predicted octanol–water partition coefficient (Wildman–Crippen LogP) is 1.80. The highest BCUT2D eigenvalue weighted by Gasteiger charge is 2.34. The first-order valence-electron chi connectivity index (χ1n) is 4.98. The zero-order valence-electron chi connectivity index (χ0n) is 8.96. The molecule has 1 aliphatic rings. The van der Waals surface area contributed by atoms with Crippen molar-refractivity contribution in [2.45, 2.75) is 13.0 Å². The van der Waals surface area contributed by atoms with E-state index in [4.69, 9.17) is 22.1 Å². The summed E-state index contributed by atoms with van der Waals surface area (Å²) in [6.07, 6.45) is 0. The lowest BCUT2D eigenvalue weighted by molar-refractivity contribution is 0.416. The van der Waals surface area contributed by atoms with Crippen LogP contribution in [0, 0.1) is 6.92 Å². The summed E-state index contributed by atoms with van der Waals surface area (Å²) in [5, 5.41) is 0.738. The number of methoxy groups -OCH3 is 1. The number of anilines is 1. The first-order chi connectivity index (χ1) is 7.17. The Balaban J connectivity index is 2.34. The van der Waals surface area contributed by atoms with Crippen LogP contribution in [0.15, 0.2) is 12.1 Å². The third kappa shape index (κ3) is 1.90. The molecule has 4 heteroatoms. The lowest BCUT2D eigenvalue weighted by Crippen LogP contribution is -2.12. The fourth-order valence-corrected chi connectivity index (χ4v) is 1.87. The molecule has 2 N–H and O–H groups in total. The van der Waals surface area contributed by atoms with Crippen molar-refractivity contribution in [2.24, 2.45) is 5.73 Å². The van der Waals surface area contributed by atoms with Gasteiger partial charge in [0.25, 0.3) is 0 Å². The van der Waals surface area contributed by atoms with Crippen LogP contribution in [0.1, 0.15) is 5.56 Å². The number of hydrogen-bond acceptors (Lipinski definition) is 3. The highest BCUT2D eigenvalue weighted by atomic mass is 35.5. The Morgan fingerprint density at radius 1 is 1.60 bits per heavy atom.